The molecule has 0 saturated heterocycles. The number of anilines is 2. The second-order valence-electron chi connectivity index (χ2n) is 5.43. The number of benzene rings is 2. The van der Waals surface area contributed by atoms with E-state index in [0.717, 1.165) is 40.8 Å². The number of carbonyl (C=O) groups excluding carboxylic acids is 1. The highest BCUT2D eigenvalue weighted by Gasteiger charge is 2.23. The van der Waals surface area contributed by atoms with Gasteiger partial charge in [0.1, 0.15) is 0 Å². The first-order chi connectivity index (χ1) is 10.7. The van der Waals surface area contributed by atoms with Crippen LogP contribution < -0.4 is 10.8 Å². The van der Waals surface area contributed by atoms with Gasteiger partial charge in [0, 0.05) is 16.8 Å². The highest BCUT2D eigenvalue weighted by Crippen LogP contribution is 2.32. The van der Waals surface area contributed by atoms with Gasteiger partial charge >= 0.3 is 0 Å². The van der Waals surface area contributed by atoms with Crippen LogP contribution in [0.1, 0.15) is 23.1 Å². The lowest BCUT2D eigenvalue weighted by Gasteiger charge is -2.06. The fraction of sp³-hybridized carbons (Fsp3) is 0.167. The van der Waals surface area contributed by atoms with E-state index in [9.17, 15) is 4.79 Å². The van der Waals surface area contributed by atoms with Crippen molar-refractivity contribution in [3.63, 3.8) is 0 Å². The van der Waals surface area contributed by atoms with Gasteiger partial charge in [-0.1, -0.05) is 35.9 Å². The molecule has 1 aliphatic heterocycles. The second kappa shape index (κ2) is 6.03. The van der Waals surface area contributed by atoms with Crippen molar-refractivity contribution in [1.29, 1.82) is 0 Å². The first-order valence-corrected chi connectivity index (χ1v) is 7.29. The Labute approximate surface area is 129 Å². The van der Waals surface area contributed by atoms with Gasteiger partial charge in [-0.05, 0) is 43.5 Å². The van der Waals surface area contributed by atoms with E-state index in [1.54, 1.807) is 0 Å². The fourth-order valence-electron chi connectivity index (χ4n) is 2.72. The molecule has 112 valence electrons. The molecule has 2 aromatic rings. The Morgan fingerprint density at radius 2 is 2.05 bits per heavy atom. The highest BCUT2D eigenvalue weighted by atomic mass is 16.5. The van der Waals surface area contributed by atoms with E-state index in [4.69, 9.17) is 5.21 Å². The Balaban J connectivity index is 1.79. The molecule has 3 N–H and O–H groups in total. The number of hydrogen-bond donors (Lipinski definition) is 3. The Kier molecular flexibility index (Phi) is 3.94. The minimum atomic E-state index is -0.0471. The van der Waals surface area contributed by atoms with Crippen LogP contribution in [0.2, 0.25) is 0 Å². The summed E-state index contributed by atoms with van der Waals surface area (Å²) in [4.78, 5) is 12.1. The summed E-state index contributed by atoms with van der Waals surface area (Å²) in [6, 6.07) is 13.5. The highest BCUT2D eigenvalue weighted by molar-refractivity contribution is 6.31. The van der Waals surface area contributed by atoms with Crippen molar-refractivity contribution in [1.82, 2.24) is 0 Å². The molecule has 3 rings (SSSR count). The van der Waals surface area contributed by atoms with Gasteiger partial charge in [-0.3, -0.25) is 15.5 Å². The van der Waals surface area contributed by atoms with E-state index in [1.165, 1.54) is 0 Å². The van der Waals surface area contributed by atoms with Crippen molar-refractivity contribution >= 4 is 22.9 Å². The van der Waals surface area contributed by atoms with Crippen LogP contribution in [0.25, 0.3) is 5.57 Å². The molecule has 22 heavy (non-hydrogen) atoms. The van der Waals surface area contributed by atoms with Gasteiger partial charge in [0.15, 0.2) is 0 Å². The summed E-state index contributed by atoms with van der Waals surface area (Å²) in [5.74, 6) is -0.0471. The van der Waals surface area contributed by atoms with Crippen LogP contribution in [0.3, 0.4) is 0 Å². The Bertz CT molecular complexity index is 751. The summed E-state index contributed by atoms with van der Waals surface area (Å²) in [5, 5.41) is 12.0. The Morgan fingerprint density at radius 3 is 2.86 bits per heavy atom. The van der Waals surface area contributed by atoms with E-state index >= 15 is 0 Å². The Hall–Kier alpha value is -2.59. The number of hydrogen-bond acceptors (Lipinski definition) is 3. The maximum Gasteiger partial charge on any atom is 0.256 e. The molecule has 0 fully saturated rings. The normalized spacial score (nSPS) is 14.8. The smallest absolute Gasteiger partial charge is 0.256 e. The largest absolute Gasteiger partial charge is 0.321 e. The van der Waals surface area contributed by atoms with E-state index in [0.29, 0.717) is 5.69 Å². The topological polar surface area (TPSA) is 61.4 Å². The second-order valence-corrected chi connectivity index (χ2v) is 5.43. The molecule has 4 nitrogen and oxygen atoms in total. The molecule has 0 radical (unpaired) electrons. The van der Waals surface area contributed by atoms with Crippen LogP contribution in [-0.2, 0) is 11.2 Å². The van der Waals surface area contributed by atoms with Gasteiger partial charge in [0.25, 0.3) is 5.91 Å². The summed E-state index contributed by atoms with van der Waals surface area (Å²) in [5.41, 5.74) is 7.64. The number of aryl methyl sites for hydroxylation is 2. The van der Waals surface area contributed by atoms with Crippen molar-refractivity contribution in [3.8, 4) is 0 Å². The average molecular weight is 294 g/mol. The average Bonchev–Trinajstić information content (AvgIpc) is 2.83. The molecule has 0 unspecified atom stereocenters. The Morgan fingerprint density at radius 1 is 1.23 bits per heavy atom. The van der Waals surface area contributed by atoms with E-state index in [2.05, 4.69) is 10.8 Å². The zero-order chi connectivity index (χ0) is 15.5. The first-order valence-electron chi connectivity index (χ1n) is 7.29. The van der Waals surface area contributed by atoms with E-state index < -0.39 is 0 Å². The van der Waals surface area contributed by atoms with Crippen molar-refractivity contribution < 1.29 is 10.0 Å². The SMILES string of the molecule is Cc1ccc2c(c1)/C(=C/CCc1ccccc1NO)C(=O)N2. The standard InChI is InChI=1S/C18H18N2O2/c1-12-9-10-17-15(11-12)14(18(21)19-17)7-4-6-13-5-2-3-8-16(13)20-22/h2-3,5,7-11,20,22H,4,6H2,1H3,(H,19,21)/b14-7-. The molecule has 0 atom stereocenters. The monoisotopic (exact) mass is 294 g/mol. The van der Waals surface area contributed by atoms with Crippen molar-refractivity contribution in [2.24, 2.45) is 0 Å². The summed E-state index contributed by atoms with van der Waals surface area (Å²) in [7, 11) is 0. The van der Waals surface area contributed by atoms with Crippen LogP contribution in [0.4, 0.5) is 11.4 Å². The van der Waals surface area contributed by atoms with Crippen LogP contribution >= 0.6 is 0 Å². The van der Waals surface area contributed by atoms with E-state index in [-0.39, 0.29) is 5.91 Å². The molecule has 0 spiro atoms. The minimum absolute atomic E-state index is 0.0471. The molecule has 0 bridgehead atoms. The molecule has 4 heteroatoms. The lowest BCUT2D eigenvalue weighted by Crippen LogP contribution is -2.03. The summed E-state index contributed by atoms with van der Waals surface area (Å²) >= 11 is 0. The number of nitrogens with one attached hydrogen (secondary N) is 2. The van der Waals surface area contributed by atoms with Crippen LogP contribution in [0.15, 0.2) is 48.5 Å². The first kappa shape index (κ1) is 14.4. The molecule has 0 aromatic heterocycles. The summed E-state index contributed by atoms with van der Waals surface area (Å²) in [6.45, 7) is 2.02. The quantitative estimate of drug-likeness (QED) is 0.594. The lowest BCUT2D eigenvalue weighted by atomic mass is 10.0. The zero-order valence-corrected chi connectivity index (χ0v) is 12.4. The van der Waals surface area contributed by atoms with Gasteiger partial charge in [-0.2, -0.15) is 0 Å². The number of rotatable bonds is 4. The number of para-hydroxylation sites is 1. The number of allylic oxidation sites excluding steroid dienone is 1. The lowest BCUT2D eigenvalue weighted by molar-refractivity contribution is -0.110. The van der Waals surface area contributed by atoms with Gasteiger partial charge < -0.3 is 5.32 Å². The number of carbonyl (C=O) groups is 1. The van der Waals surface area contributed by atoms with Gasteiger partial charge in [0.2, 0.25) is 0 Å². The van der Waals surface area contributed by atoms with Crippen LogP contribution in [0, 0.1) is 6.92 Å². The molecule has 2 aromatic carbocycles. The maximum absolute atomic E-state index is 12.1. The van der Waals surface area contributed by atoms with Crippen LogP contribution in [-0.4, -0.2) is 11.1 Å². The number of fused-ring (bicyclic) bond motifs is 1. The summed E-state index contributed by atoms with van der Waals surface area (Å²) < 4.78 is 0. The molecule has 0 aliphatic carbocycles. The summed E-state index contributed by atoms with van der Waals surface area (Å²) in [6.07, 6.45) is 3.45. The molecular formula is C18H18N2O2. The third kappa shape index (κ3) is 2.73. The van der Waals surface area contributed by atoms with Gasteiger partial charge in [-0.15, -0.1) is 0 Å². The number of amides is 1. The van der Waals surface area contributed by atoms with Gasteiger partial charge in [-0.25, -0.2) is 0 Å². The molecule has 1 aliphatic rings. The van der Waals surface area contributed by atoms with Crippen LogP contribution in [0.5, 0.6) is 0 Å². The minimum Gasteiger partial charge on any atom is -0.321 e. The zero-order valence-electron chi connectivity index (χ0n) is 12.4. The predicted molar refractivity (Wildman–Crippen MR) is 88.0 cm³/mol. The van der Waals surface area contributed by atoms with Crippen molar-refractivity contribution in [2.45, 2.75) is 19.8 Å². The molecular weight excluding hydrogens is 276 g/mol. The van der Waals surface area contributed by atoms with Crippen molar-refractivity contribution in [3.05, 3.63) is 65.2 Å². The predicted octanol–water partition coefficient (Wildman–Crippen LogP) is 3.76. The van der Waals surface area contributed by atoms with Crippen molar-refractivity contribution in [2.75, 3.05) is 10.8 Å². The van der Waals surface area contributed by atoms with Gasteiger partial charge in [0.05, 0.1) is 5.69 Å². The third-order valence-corrected chi connectivity index (χ3v) is 3.86. The van der Waals surface area contributed by atoms with E-state index in [1.807, 2.05) is 55.5 Å². The third-order valence-electron chi connectivity index (χ3n) is 3.86. The fourth-order valence-corrected chi connectivity index (χ4v) is 2.72. The maximum atomic E-state index is 12.1. The molecule has 1 amide bonds. The molecule has 0 saturated carbocycles. The molecule has 1 heterocycles.